The van der Waals surface area contributed by atoms with Crippen LogP contribution in [0.4, 0.5) is 0 Å². The van der Waals surface area contributed by atoms with Crippen LogP contribution in [0.25, 0.3) is 0 Å². The van der Waals surface area contributed by atoms with Crippen LogP contribution in [-0.4, -0.2) is 18.7 Å². The Balaban J connectivity index is 2.67. The summed E-state index contributed by atoms with van der Waals surface area (Å²) in [7, 11) is -2.98. The van der Waals surface area contributed by atoms with E-state index >= 15 is 0 Å². The summed E-state index contributed by atoms with van der Waals surface area (Å²) in [6.07, 6.45) is 1.00. The zero-order chi connectivity index (χ0) is 9.90. The molecule has 1 aliphatic heterocycles. The van der Waals surface area contributed by atoms with Gasteiger partial charge in [-0.3, -0.25) is 9.09 Å². The molecule has 4 nitrogen and oxygen atoms in total. The monoisotopic (exact) mass is 208 g/mol. The van der Waals surface area contributed by atoms with Crippen LogP contribution in [0.3, 0.4) is 0 Å². The molecule has 0 N–H and O–H groups in total. The second kappa shape index (κ2) is 4.56. The fourth-order valence-electron chi connectivity index (χ4n) is 1.29. The minimum absolute atomic E-state index is 0.359. The molecule has 1 aliphatic rings. The van der Waals surface area contributed by atoms with Crippen LogP contribution < -0.4 is 0 Å². The molecule has 13 heavy (non-hydrogen) atoms. The molecular formula is C8H17O4P. The van der Waals surface area contributed by atoms with Crippen LogP contribution in [0.15, 0.2) is 0 Å². The van der Waals surface area contributed by atoms with Crippen molar-refractivity contribution in [1.29, 1.82) is 0 Å². The molecular weight excluding hydrogens is 191 g/mol. The van der Waals surface area contributed by atoms with Gasteiger partial charge in [0.15, 0.2) is 12.1 Å². The molecule has 0 spiro atoms. The predicted octanol–water partition coefficient (Wildman–Crippen LogP) is 2.74. The summed E-state index contributed by atoms with van der Waals surface area (Å²) < 4.78 is 27.8. The zero-order valence-corrected chi connectivity index (χ0v) is 9.25. The van der Waals surface area contributed by atoms with E-state index in [9.17, 15) is 4.57 Å². The van der Waals surface area contributed by atoms with Crippen LogP contribution in [-0.2, 0) is 18.3 Å². The first-order valence-electron chi connectivity index (χ1n) is 4.74. The van der Waals surface area contributed by atoms with Gasteiger partial charge in [-0.25, -0.2) is 0 Å². The molecule has 0 aliphatic carbocycles. The van der Waals surface area contributed by atoms with Crippen molar-refractivity contribution in [2.75, 3.05) is 6.61 Å². The predicted molar refractivity (Wildman–Crippen MR) is 49.6 cm³/mol. The zero-order valence-electron chi connectivity index (χ0n) is 8.36. The lowest BCUT2D eigenvalue weighted by molar-refractivity contribution is -0.0501. The van der Waals surface area contributed by atoms with Gasteiger partial charge >= 0.3 is 7.60 Å². The van der Waals surface area contributed by atoms with Crippen molar-refractivity contribution >= 4 is 7.60 Å². The Morgan fingerprint density at radius 3 is 2.46 bits per heavy atom. The summed E-state index contributed by atoms with van der Waals surface area (Å²) in [5, 5.41) is 0. The van der Waals surface area contributed by atoms with Gasteiger partial charge in [-0.05, 0) is 19.8 Å². The maximum Gasteiger partial charge on any atom is 0.361 e. The van der Waals surface area contributed by atoms with Crippen molar-refractivity contribution in [2.45, 2.75) is 45.7 Å². The third kappa shape index (κ3) is 2.32. The fourth-order valence-corrected chi connectivity index (χ4v) is 3.27. The van der Waals surface area contributed by atoms with Gasteiger partial charge in [-0.1, -0.05) is 13.8 Å². The minimum Gasteiger partial charge on any atom is -0.336 e. The quantitative estimate of drug-likeness (QED) is 0.666. The highest BCUT2D eigenvalue weighted by Crippen LogP contribution is 2.60. The summed E-state index contributed by atoms with van der Waals surface area (Å²) in [6.45, 7) is 6.04. The molecule has 1 heterocycles. The number of rotatable bonds is 4. The van der Waals surface area contributed by atoms with Crippen LogP contribution in [0, 0.1) is 0 Å². The van der Waals surface area contributed by atoms with Gasteiger partial charge in [-0.15, -0.1) is 0 Å². The molecule has 0 aromatic rings. The van der Waals surface area contributed by atoms with E-state index in [4.69, 9.17) is 13.8 Å². The van der Waals surface area contributed by atoms with Crippen molar-refractivity contribution in [3.8, 4) is 0 Å². The lowest BCUT2D eigenvalue weighted by Gasteiger charge is -2.13. The normalized spacial score (nSPS) is 39.6. The molecule has 1 fully saturated rings. The van der Waals surface area contributed by atoms with E-state index < -0.39 is 7.60 Å². The third-order valence-electron chi connectivity index (χ3n) is 1.92. The standard InChI is InChI=1S/C8H17O4P/c1-4-7-11-8(5-2)13(9,12-7)10-6-3/h7-8H,4-6H2,1-3H3. The van der Waals surface area contributed by atoms with E-state index in [0.29, 0.717) is 19.4 Å². The summed E-state index contributed by atoms with van der Waals surface area (Å²) in [6, 6.07) is 0. The molecule has 0 radical (unpaired) electrons. The maximum absolute atomic E-state index is 12.0. The average molecular weight is 208 g/mol. The largest absolute Gasteiger partial charge is 0.361 e. The summed E-state index contributed by atoms with van der Waals surface area (Å²) in [4.78, 5) is 0. The Labute approximate surface area is 79.1 Å². The van der Waals surface area contributed by atoms with Gasteiger partial charge in [0.1, 0.15) is 0 Å². The van der Waals surface area contributed by atoms with Crippen molar-refractivity contribution in [3.63, 3.8) is 0 Å². The van der Waals surface area contributed by atoms with Crippen molar-refractivity contribution < 1.29 is 18.3 Å². The SMILES string of the molecule is CCOP1(=O)OC(CC)OC1CC. The minimum atomic E-state index is -2.98. The molecule has 0 bridgehead atoms. The Morgan fingerprint density at radius 1 is 1.31 bits per heavy atom. The van der Waals surface area contributed by atoms with Crippen LogP contribution >= 0.6 is 7.60 Å². The first-order chi connectivity index (χ1) is 6.16. The van der Waals surface area contributed by atoms with E-state index in [1.54, 1.807) is 6.92 Å². The Bertz CT molecular complexity index is 206. The highest BCUT2D eigenvalue weighted by atomic mass is 31.2. The smallest absolute Gasteiger partial charge is 0.336 e. The van der Waals surface area contributed by atoms with Crippen LogP contribution in [0.2, 0.25) is 0 Å². The maximum atomic E-state index is 12.0. The van der Waals surface area contributed by atoms with Gasteiger partial charge in [0.25, 0.3) is 0 Å². The summed E-state index contributed by atoms with van der Waals surface area (Å²) in [5.74, 6) is -0.377. The molecule has 3 atom stereocenters. The van der Waals surface area contributed by atoms with Gasteiger partial charge in [0.2, 0.25) is 0 Å². The van der Waals surface area contributed by atoms with Crippen molar-refractivity contribution in [2.24, 2.45) is 0 Å². The van der Waals surface area contributed by atoms with Gasteiger partial charge < -0.3 is 9.26 Å². The van der Waals surface area contributed by atoms with E-state index in [1.165, 1.54) is 0 Å². The second-order valence-electron chi connectivity index (χ2n) is 2.90. The molecule has 5 heteroatoms. The Kier molecular flexibility index (Phi) is 3.92. The lowest BCUT2D eigenvalue weighted by atomic mass is 10.4. The van der Waals surface area contributed by atoms with E-state index in [1.807, 2.05) is 13.8 Å². The van der Waals surface area contributed by atoms with Crippen LogP contribution in [0.1, 0.15) is 33.6 Å². The highest BCUT2D eigenvalue weighted by molar-refractivity contribution is 7.54. The Morgan fingerprint density at radius 2 is 2.00 bits per heavy atom. The van der Waals surface area contributed by atoms with E-state index in [2.05, 4.69) is 0 Å². The molecule has 0 aromatic carbocycles. The lowest BCUT2D eigenvalue weighted by Crippen LogP contribution is -2.09. The second-order valence-corrected chi connectivity index (χ2v) is 5.02. The molecule has 0 amide bonds. The Hall–Kier alpha value is 0.110. The molecule has 1 saturated heterocycles. The fraction of sp³-hybridized carbons (Fsp3) is 1.00. The first-order valence-corrected chi connectivity index (χ1v) is 6.35. The molecule has 1 rings (SSSR count). The number of hydrogen-bond acceptors (Lipinski definition) is 4. The summed E-state index contributed by atoms with van der Waals surface area (Å²) in [5.41, 5.74) is 0. The van der Waals surface area contributed by atoms with Crippen molar-refractivity contribution in [1.82, 2.24) is 0 Å². The molecule has 0 saturated carbocycles. The molecule has 0 aromatic heterocycles. The van der Waals surface area contributed by atoms with Gasteiger partial charge in [0, 0.05) is 0 Å². The highest BCUT2D eigenvalue weighted by Gasteiger charge is 2.45. The van der Waals surface area contributed by atoms with E-state index in [0.717, 1.165) is 0 Å². The third-order valence-corrected chi connectivity index (χ3v) is 4.26. The summed E-state index contributed by atoms with van der Waals surface area (Å²) >= 11 is 0. The number of ether oxygens (including phenoxy) is 1. The van der Waals surface area contributed by atoms with Gasteiger partial charge in [-0.2, -0.15) is 0 Å². The first kappa shape index (κ1) is 11.2. The number of hydrogen-bond donors (Lipinski definition) is 0. The van der Waals surface area contributed by atoms with E-state index in [-0.39, 0.29) is 12.1 Å². The van der Waals surface area contributed by atoms with Crippen molar-refractivity contribution in [3.05, 3.63) is 0 Å². The topological polar surface area (TPSA) is 44.8 Å². The molecule has 3 unspecified atom stereocenters. The van der Waals surface area contributed by atoms with Gasteiger partial charge in [0.05, 0.1) is 6.61 Å². The van der Waals surface area contributed by atoms with Crippen LogP contribution in [0.5, 0.6) is 0 Å². The average Bonchev–Trinajstić information content (AvgIpc) is 2.43. The molecule has 78 valence electrons.